The molecule has 20 heavy (non-hydrogen) atoms. The van der Waals surface area contributed by atoms with Crippen molar-refractivity contribution >= 4 is 11.6 Å². The first-order valence-electron chi connectivity index (χ1n) is 7.56. The molecule has 0 spiro atoms. The van der Waals surface area contributed by atoms with E-state index in [1.54, 1.807) is 12.1 Å². The summed E-state index contributed by atoms with van der Waals surface area (Å²) in [6.07, 6.45) is 3.64. The Kier molecular flexibility index (Phi) is 6.27. The van der Waals surface area contributed by atoms with Crippen LogP contribution in [0.3, 0.4) is 0 Å². The maximum absolute atomic E-state index is 13.4. The summed E-state index contributed by atoms with van der Waals surface area (Å²) < 4.78 is 13.4. The van der Waals surface area contributed by atoms with Gasteiger partial charge in [0.05, 0.1) is 0 Å². The second kappa shape index (κ2) is 7.96. The van der Waals surface area contributed by atoms with Gasteiger partial charge in [0.15, 0.2) is 0 Å². The second-order valence-corrected chi connectivity index (χ2v) is 6.09. The number of piperidine rings is 1. The fourth-order valence-electron chi connectivity index (χ4n) is 2.90. The van der Waals surface area contributed by atoms with Crippen molar-refractivity contribution in [3.05, 3.63) is 34.6 Å². The van der Waals surface area contributed by atoms with Gasteiger partial charge < -0.3 is 5.32 Å². The van der Waals surface area contributed by atoms with Crippen molar-refractivity contribution in [3.63, 3.8) is 0 Å². The van der Waals surface area contributed by atoms with E-state index < -0.39 is 0 Å². The molecule has 1 aromatic rings. The van der Waals surface area contributed by atoms with Crippen LogP contribution in [0.15, 0.2) is 18.2 Å². The van der Waals surface area contributed by atoms with Crippen LogP contribution in [0.2, 0.25) is 5.02 Å². The third kappa shape index (κ3) is 4.72. The van der Waals surface area contributed by atoms with E-state index >= 15 is 0 Å². The fraction of sp³-hybridized carbons (Fsp3) is 0.625. The van der Waals surface area contributed by atoms with E-state index in [0.29, 0.717) is 10.9 Å². The lowest BCUT2D eigenvalue weighted by molar-refractivity contribution is 0.201. The lowest BCUT2D eigenvalue weighted by Gasteiger charge is -2.30. The summed E-state index contributed by atoms with van der Waals surface area (Å²) in [7, 11) is 0. The molecule has 1 aliphatic rings. The summed E-state index contributed by atoms with van der Waals surface area (Å²) in [6, 6.07) is 4.63. The van der Waals surface area contributed by atoms with Gasteiger partial charge in [0, 0.05) is 18.1 Å². The van der Waals surface area contributed by atoms with Gasteiger partial charge in [-0.25, -0.2) is 4.39 Å². The summed E-state index contributed by atoms with van der Waals surface area (Å²) in [5.74, 6) is 0.489. The number of halogens is 2. The Morgan fingerprint density at radius 2 is 2.30 bits per heavy atom. The monoisotopic (exact) mass is 298 g/mol. The van der Waals surface area contributed by atoms with Gasteiger partial charge in [0.1, 0.15) is 5.82 Å². The zero-order valence-corrected chi connectivity index (χ0v) is 12.9. The average Bonchev–Trinajstić information content (AvgIpc) is 2.44. The minimum Gasteiger partial charge on any atom is -0.316 e. The van der Waals surface area contributed by atoms with E-state index in [0.717, 1.165) is 44.7 Å². The predicted molar refractivity (Wildman–Crippen MR) is 82.6 cm³/mol. The highest BCUT2D eigenvalue weighted by molar-refractivity contribution is 6.31. The third-order valence-electron chi connectivity index (χ3n) is 3.86. The van der Waals surface area contributed by atoms with Crippen molar-refractivity contribution in [2.75, 3.05) is 26.2 Å². The molecule has 1 aliphatic heterocycles. The molecule has 1 heterocycles. The highest BCUT2D eigenvalue weighted by atomic mass is 35.5. The van der Waals surface area contributed by atoms with Crippen LogP contribution in [0.5, 0.6) is 0 Å². The maximum Gasteiger partial charge on any atom is 0.123 e. The predicted octanol–water partition coefficient (Wildman–Crippen LogP) is 3.69. The van der Waals surface area contributed by atoms with Crippen molar-refractivity contribution in [1.29, 1.82) is 0 Å². The quantitative estimate of drug-likeness (QED) is 0.861. The van der Waals surface area contributed by atoms with Crippen LogP contribution < -0.4 is 5.32 Å². The molecular weight excluding hydrogens is 275 g/mol. The molecule has 112 valence electrons. The molecule has 1 fully saturated rings. The van der Waals surface area contributed by atoms with Crippen LogP contribution >= 0.6 is 11.6 Å². The minimum absolute atomic E-state index is 0.208. The Bertz CT molecular complexity index is 419. The van der Waals surface area contributed by atoms with E-state index in [1.165, 1.54) is 18.9 Å². The average molecular weight is 299 g/mol. The van der Waals surface area contributed by atoms with Gasteiger partial charge in [0.25, 0.3) is 0 Å². The first kappa shape index (κ1) is 15.7. The van der Waals surface area contributed by atoms with Gasteiger partial charge in [-0.2, -0.15) is 0 Å². The first-order chi connectivity index (χ1) is 9.69. The molecule has 0 aliphatic carbocycles. The van der Waals surface area contributed by atoms with Crippen molar-refractivity contribution in [3.8, 4) is 0 Å². The molecule has 0 saturated carbocycles. The summed E-state index contributed by atoms with van der Waals surface area (Å²) >= 11 is 6.18. The smallest absolute Gasteiger partial charge is 0.123 e. The molecule has 0 amide bonds. The number of nitrogens with one attached hydrogen (secondary N) is 1. The number of hydrogen-bond acceptors (Lipinski definition) is 2. The lowest BCUT2D eigenvalue weighted by atomic mass is 9.98. The summed E-state index contributed by atoms with van der Waals surface area (Å²) in [5.41, 5.74) is 0.892. The molecule has 1 atom stereocenters. The topological polar surface area (TPSA) is 15.3 Å². The van der Waals surface area contributed by atoms with Crippen molar-refractivity contribution in [1.82, 2.24) is 10.2 Å². The van der Waals surface area contributed by atoms with E-state index in [4.69, 9.17) is 11.6 Å². The number of hydrogen-bond donors (Lipinski definition) is 1. The summed E-state index contributed by atoms with van der Waals surface area (Å²) in [5, 5.41) is 4.12. The van der Waals surface area contributed by atoms with Crippen molar-refractivity contribution in [2.45, 2.75) is 32.7 Å². The lowest BCUT2D eigenvalue weighted by Crippen LogP contribution is -2.38. The Morgan fingerprint density at radius 3 is 3.00 bits per heavy atom. The molecule has 0 aromatic heterocycles. The molecule has 4 heteroatoms. The number of benzene rings is 1. The molecule has 1 saturated heterocycles. The molecule has 1 unspecified atom stereocenters. The molecule has 1 N–H and O–H groups in total. The van der Waals surface area contributed by atoms with Crippen molar-refractivity contribution in [2.24, 2.45) is 5.92 Å². The highest BCUT2D eigenvalue weighted by Gasteiger charge is 2.17. The SMILES string of the molecule is CCCN(Cc1cc(F)ccc1Cl)CC1CCCNC1. The summed E-state index contributed by atoms with van der Waals surface area (Å²) in [4.78, 5) is 2.40. The van der Waals surface area contributed by atoms with Crippen LogP contribution in [0.1, 0.15) is 31.7 Å². The van der Waals surface area contributed by atoms with Gasteiger partial charge in [-0.05, 0) is 68.6 Å². The van der Waals surface area contributed by atoms with Crippen LogP contribution in [-0.2, 0) is 6.54 Å². The Labute approximate surface area is 126 Å². The van der Waals surface area contributed by atoms with Crippen LogP contribution in [0.25, 0.3) is 0 Å². The van der Waals surface area contributed by atoms with E-state index in [2.05, 4.69) is 17.1 Å². The van der Waals surface area contributed by atoms with Crippen molar-refractivity contribution < 1.29 is 4.39 Å². The largest absolute Gasteiger partial charge is 0.316 e. The maximum atomic E-state index is 13.4. The number of rotatable bonds is 6. The molecule has 2 nitrogen and oxygen atoms in total. The van der Waals surface area contributed by atoms with E-state index in [1.807, 2.05) is 0 Å². The molecule has 2 rings (SSSR count). The molecular formula is C16H24ClFN2. The Hall–Kier alpha value is -0.640. The van der Waals surface area contributed by atoms with E-state index in [-0.39, 0.29) is 5.82 Å². The van der Waals surface area contributed by atoms with Gasteiger partial charge in [-0.3, -0.25) is 4.90 Å². The fourth-order valence-corrected chi connectivity index (χ4v) is 3.08. The van der Waals surface area contributed by atoms with Crippen LogP contribution in [0, 0.1) is 11.7 Å². The highest BCUT2D eigenvalue weighted by Crippen LogP contribution is 2.20. The normalized spacial score (nSPS) is 19.5. The Morgan fingerprint density at radius 1 is 1.45 bits per heavy atom. The molecule has 0 radical (unpaired) electrons. The number of nitrogens with zero attached hydrogens (tertiary/aromatic N) is 1. The van der Waals surface area contributed by atoms with Gasteiger partial charge in [-0.15, -0.1) is 0 Å². The molecule has 0 bridgehead atoms. The zero-order valence-electron chi connectivity index (χ0n) is 12.2. The zero-order chi connectivity index (χ0) is 14.4. The second-order valence-electron chi connectivity index (χ2n) is 5.68. The van der Waals surface area contributed by atoms with Gasteiger partial charge in [0.2, 0.25) is 0 Å². The van der Waals surface area contributed by atoms with E-state index in [9.17, 15) is 4.39 Å². The van der Waals surface area contributed by atoms with Gasteiger partial charge in [-0.1, -0.05) is 18.5 Å². The first-order valence-corrected chi connectivity index (χ1v) is 7.94. The third-order valence-corrected chi connectivity index (χ3v) is 4.23. The van der Waals surface area contributed by atoms with Crippen LogP contribution in [0.4, 0.5) is 4.39 Å². The summed E-state index contributed by atoms with van der Waals surface area (Å²) in [6.45, 7) is 7.24. The molecule has 1 aromatic carbocycles. The standard InChI is InChI=1S/C16H24ClFN2/c1-2-8-20(11-13-4-3-7-19-10-13)12-14-9-15(18)5-6-16(14)17/h5-6,9,13,19H,2-4,7-8,10-12H2,1H3. The Balaban J connectivity index is 1.98. The van der Waals surface area contributed by atoms with Gasteiger partial charge >= 0.3 is 0 Å². The minimum atomic E-state index is -0.208. The van der Waals surface area contributed by atoms with Crippen LogP contribution in [-0.4, -0.2) is 31.1 Å².